The maximum Gasteiger partial charge on any atom is 0.344 e. The van der Waals surface area contributed by atoms with E-state index >= 15 is 0 Å². The van der Waals surface area contributed by atoms with Crippen molar-refractivity contribution in [1.29, 1.82) is 0 Å². The van der Waals surface area contributed by atoms with E-state index in [-0.39, 0.29) is 24.9 Å². The number of esters is 1. The fraction of sp³-hybridized carbons (Fsp3) is 0.556. The third kappa shape index (κ3) is 5.42. The minimum Gasteiger partial charge on any atom is -0.486 e. The Bertz CT molecular complexity index is 598. The second-order valence-corrected chi connectivity index (χ2v) is 5.91. The van der Waals surface area contributed by atoms with Gasteiger partial charge in [-0.15, -0.1) is 0 Å². The molecule has 1 heterocycles. The predicted octanol–water partition coefficient (Wildman–Crippen LogP) is 1.56. The van der Waals surface area contributed by atoms with Crippen LogP contribution < -0.4 is 9.47 Å². The topological polar surface area (TPSA) is 89.5 Å². The zero-order chi connectivity index (χ0) is 19.1. The van der Waals surface area contributed by atoms with Crippen LogP contribution >= 0.6 is 0 Å². The minimum atomic E-state index is -0.684. The van der Waals surface area contributed by atoms with Crippen molar-refractivity contribution in [1.82, 2.24) is 0 Å². The summed E-state index contributed by atoms with van der Waals surface area (Å²) in [6, 6.07) is 6.59. The quantitative estimate of drug-likeness (QED) is 0.607. The minimum absolute atomic E-state index is 0.0112. The molecule has 4 atom stereocenters. The zero-order valence-corrected chi connectivity index (χ0v) is 15.3. The largest absolute Gasteiger partial charge is 0.486 e. The first-order chi connectivity index (χ1) is 12.4. The maximum atomic E-state index is 12.1. The second-order valence-electron chi connectivity index (χ2n) is 5.91. The Kier molecular flexibility index (Phi) is 7.38. The van der Waals surface area contributed by atoms with Gasteiger partial charge >= 0.3 is 5.97 Å². The molecule has 0 bridgehead atoms. The van der Waals surface area contributed by atoms with E-state index < -0.39 is 24.7 Å². The molecule has 1 aliphatic rings. The number of carbonyl (C=O) groups excluding carboxylic acids is 2. The Balaban J connectivity index is 1.82. The van der Waals surface area contributed by atoms with E-state index in [9.17, 15) is 9.59 Å². The van der Waals surface area contributed by atoms with Crippen molar-refractivity contribution >= 4 is 11.8 Å². The molecule has 0 aromatic heterocycles. The molecule has 0 amide bonds. The lowest BCUT2D eigenvalue weighted by Crippen LogP contribution is -2.34. The van der Waals surface area contributed by atoms with Crippen molar-refractivity contribution in [2.45, 2.75) is 32.5 Å². The van der Waals surface area contributed by atoms with E-state index in [1.807, 2.05) is 6.92 Å². The molecule has 8 heteroatoms. The number of ketones is 1. The summed E-state index contributed by atoms with van der Waals surface area (Å²) in [5.41, 5.74) is 0. The normalized spacial score (nSPS) is 24.9. The van der Waals surface area contributed by atoms with Crippen LogP contribution in [0.3, 0.4) is 0 Å². The molecular formula is C18H24O8. The van der Waals surface area contributed by atoms with Crippen molar-refractivity contribution in [2.75, 3.05) is 27.4 Å². The molecule has 0 spiro atoms. The van der Waals surface area contributed by atoms with E-state index in [1.54, 1.807) is 24.3 Å². The van der Waals surface area contributed by atoms with Crippen molar-refractivity contribution in [3.05, 3.63) is 24.3 Å². The van der Waals surface area contributed by atoms with E-state index in [4.69, 9.17) is 28.4 Å². The first kappa shape index (κ1) is 20.2. The van der Waals surface area contributed by atoms with E-state index in [2.05, 4.69) is 0 Å². The van der Waals surface area contributed by atoms with E-state index in [0.717, 1.165) is 0 Å². The summed E-state index contributed by atoms with van der Waals surface area (Å²) in [7, 11) is 2.99. The van der Waals surface area contributed by atoms with Gasteiger partial charge in [-0.3, -0.25) is 4.79 Å². The monoisotopic (exact) mass is 368 g/mol. The third-order valence-electron chi connectivity index (χ3n) is 3.84. The highest BCUT2D eigenvalue weighted by atomic mass is 16.8. The van der Waals surface area contributed by atoms with Gasteiger partial charge in [0.25, 0.3) is 0 Å². The van der Waals surface area contributed by atoms with Crippen LogP contribution in [-0.4, -0.2) is 57.9 Å². The smallest absolute Gasteiger partial charge is 0.344 e. The van der Waals surface area contributed by atoms with Gasteiger partial charge in [0.05, 0.1) is 0 Å². The molecule has 0 aliphatic carbocycles. The van der Waals surface area contributed by atoms with Crippen LogP contribution in [-0.2, 0) is 28.5 Å². The summed E-state index contributed by atoms with van der Waals surface area (Å²) in [4.78, 5) is 22.9. The Hall–Kier alpha value is -2.16. The van der Waals surface area contributed by atoms with Crippen LogP contribution in [0.25, 0.3) is 0 Å². The molecule has 0 saturated carbocycles. The Morgan fingerprint density at radius 2 is 1.50 bits per heavy atom. The summed E-state index contributed by atoms with van der Waals surface area (Å²) >= 11 is 0. The summed E-state index contributed by atoms with van der Waals surface area (Å²) in [6.45, 7) is 3.05. The van der Waals surface area contributed by atoms with Crippen molar-refractivity contribution in [3.8, 4) is 11.5 Å². The van der Waals surface area contributed by atoms with Crippen LogP contribution in [0, 0.1) is 5.92 Å². The van der Waals surface area contributed by atoms with Crippen LogP contribution in [0.1, 0.15) is 13.8 Å². The van der Waals surface area contributed by atoms with Gasteiger partial charge in [-0.1, -0.05) is 6.92 Å². The van der Waals surface area contributed by atoms with Gasteiger partial charge in [-0.05, 0) is 31.2 Å². The molecule has 1 aromatic carbocycles. The number of Topliss-reactive ketones (excluding diaryl/α,β-unsaturated/α-hetero) is 1. The predicted molar refractivity (Wildman–Crippen MR) is 89.8 cm³/mol. The van der Waals surface area contributed by atoms with Gasteiger partial charge in [-0.2, -0.15) is 0 Å². The van der Waals surface area contributed by atoms with Gasteiger partial charge in [0, 0.05) is 20.1 Å². The summed E-state index contributed by atoms with van der Waals surface area (Å²) < 4.78 is 31.9. The number of benzene rings is 1. The molecule has 1 saturated heterocycles. The molecule has 1 aromatic rings. The molecule has 26 heavy (non-hydrogen) atoms. The number of carbonyl (C=O) groups is 2. The highest BCUT2D eigenvalue weighted by molar-refractivity contribution is 5.77. The van der Waals surface area contributed by atoms with Crippen LogP contribution in [0.5, 0.6) is 11.5 Å². The zero-order valence-electron chi connectivity index (χ0n) is 15.3. The highest BCUT2D eigenvalue weighted by Crippen LogP contribution is 2.30. The van der Waals surface area contributed by atoms with Crippen molar-refractivity contribution < 1.29 is 38.0 Å². The Morgan fingerprint density at radius 3 is 2.00 bits per heavy atom. The van der Waals surface area contributed by atoms with Gasteiger partial charge in [0.15, 0.2) is 31.1 Å². The fourth-order valence-electron chi connectivity index (χ4n) is 2.50. The van der Waals surface area contributed by atoms with Gasteiger partial charge in [0.2, 0.25) is 0 Å². The summed E-state index contributed by atoms with van der Waals surface area (Å²) in [5, 5.41) is 0. The lowest BCUT2D eigenvalue weighted by molar-refractivity contribution is -0.207. The fourth-order valence-corrected chi connectivity index (χ4v) is 2.50. The summed E-state index contributed by atoms with van der Waals surface area (Å²) in [5.74, 6) is 0.238. The maximum absolute atomic E-state index is 12.1. The Labute approximate surface area is 152 Å². The molecule has 0 N–H and O–H groups in total. The standard InChI is InChI=1S/C18H24O8/c1-11(19)9-23-13-5-7-14(8-6-13)24-10-15(20)25-16-12(2)17(21-3)26-18(16)22-4/h5-8,12,16-18H,9-10H2,1-4H3. The first-order valence-corrected chi connectivity index (χ1v) is 8.20. The molecule has 2 rings (SSSR count). The lowest BCUT2D eigenvalue weighted by Gasteiger charge is -2.20. The second kappa shape index (κ2) is 9.51. The third-order valence-corrected chi connectivity index (χ3v) is 3.84. The molecule has 1 aliphatic heterocycles. The Morgan fingerprint density at radius 1 is 0.962 bits per heavy atom. The number of rotatable bonds is 9. The summed E-state index contributed by atoms with van der Waals surface area (Å²) in [6.07, 6.45) is -1.76. The average molecular weight is 368 g/mol. The number of ether oxygens (including phenoxy) is 6. The number of hydrogen-bond donors (Lipinski definition) is 0. The number of methoxy groups -OCH3 is 2. The molecule has 0 radical (unpaired) electrons. The SMILES string of the molecule is COC1OC(OC)C(OC(=O)COc2ccc(OCC(C)=O)cc2)C1C. The van der Waals surface area contributed by atoms with Crippen LogP contribution in [0.4, 0.5) is 0 Å². The van der Waals surface area contributed by atoms with Gasteiger partial charge < -0.3 is 28.4 Å². The highest BCUT2D eigenvalue weighted by Gasteiger charge is 2.45. The molecule has 144 valence electrons. The molecular weight excluding hydrogens is 344 g/mol. The molecule has 8 nitrogen and oxygen atoms in total. The van der Waals surface area contributed by atoms with Crippen molar-refractivity contribution in [3.63, 3.8) is 0 Å². The average Bonchev–Trinajstić information content (AvgIpc) is 2.94. The van der Waals surface area contributed by atoms with E-state index in [0.29, 0.717) is 11.5 Å². The van der Waals surface area contributed by atoms with E-state index in [1.165, 1.54) is 21.1 Å². The van der Waals surface area contributed by atoms with Crippen molar-refractivity contribution in [2.24, 2.45) is 5.92 Å². The first-order valence-electron chi connectivity index (χ1n) is 8.20. The van der Waals surface area contributed by atoms with Crippen LogP contribution in [0.15, 0.2) is 24.3 Å². The van der Waals surface area contributed by atoms with Gasteiger partial charge in [-0.25, -0.2) is 4.79 Å². The van der Waals surface area contributed by atoms with Crippen LogP contribution in [0.2, 0.25) is 0 Å². The van der Waals surface area contributed by atoms with Gasteiger partial charge in [0.1, 0.15) is 18.1 Å². The lowest BCUT2D eigenvalue weighted by atomic mass is 10.1. The number of hydrogen-bond acceptors (Lipinski definition) is 8. The molecule has 4 unspecified atom stereocenters. The molecule has 1 fully saturated rings.